The van der Waals surface area contributed by atoms with E-state index in [2.05, 4.69) is 20.7 Å². The molecule has 2 amide bonds. The number of anilines is 1. The molecule has 1 unspecified atom stereocenters. The Kier molecular flexibility index (Phi) is 4.15. The number of aryl methyl sites for hydroxylation is 3. The number of aromatic nitrogens is 3. The average Bonchev–Trinajstić information content (AvgIpc) is 2.99. The number of urea groups is 1. The molecular weight excluding hydrogens is 312 g/mol. The van der Waals surface area contributed by atoms with Crippen molar-refractivity contribution in [3.8, 4) is 0 Å². The van der Waals surface area contributed by atoms with Crippen LogP contribution in [-0.4, -0.2) is 25.7 Å². The normalized spacial score (nSPS) is 16.3. The lowest BCUT2D eigenvalue weighted by atomic mass is 10.1. The Balaban J connectivity index is 1.74. The smallest absolute Gasteiger partial charge is 0.319 e. The lowest BCUT2D eigenvalue weighted by molar-refractivity contribution is -0.385. The van der Waals surface area contributed by atoms with Gasteiger partial charge in [-0.05, 0) is 38.3 Å². The molecule has 2 heterocycles. The van der Waals surface area contributed by atoms with Gasteiger partial charge in [0.15, 0.2) is 0 Å². The highest BCUT2D eigenvalue weighted by Crippen LogP contribution is 2.27. The zero-order valence-electron chi connectivity index (χ0n) is 13.4. The fourth-order valence-corrected chi connectivity index (χ4v) is 2.92. The Hall–Kier alpha value is -2.97. The maximum atomic E-state index is 12.3. The van der Waals surface area contributed by atoms with Crippen molar-refractivity contribution in [1.29, 1.82) is 0 Å². The van der Waals surface area contributed by atoms with Gasteiger partial charge in [0.1, 0.15) is 12.2 Å². The number of amides is 2. The van der Waals surface area contributed by atoms with Crippen molar-refractivity contribution < 1.29 is 9.72 Å². The maximum absolute atomic E-state index is 12.3. The summed E-state index contributed by atoms with van der Waals surface area (Å²) in [5.41, 5.74) is 1.72. The van der Waals surface area contributed by atoms with E-state index in [4.69, 9.17) is 0 Å². The summed E-state index contributed by atoms with van der Waals surface area (Å²) in [4.78, 5) is 27.1. The second kappa shape index (κ2) is 6.26. The van der Waals surface area contributed by atoms with Crippen molar-refractivity contribution in [1.82, 2.24) is 20.1 Å². The first kappa shape index (κ1) is 15.9. The van der Waals surface area contributed by atoms with Gasteiger partial charge in [0.2, 0.25) is 0 Å². The van der Waals surface area contributed by atoms with Crippen molar-refractivity contribution >= 4 is 17.4 Å². The van der Waals surface area contributed by atoms with Gasteiger partial charge in [0.25, 0.3) is 5.69 Å². The predicted molar refractivity (Wildman–Crippen MR) is 86.7 cm³/mol. The molecule has 0 radical (unpaired) electrons. The first-order chi connectivity index (χ1) is 11.5. The fourth-order valence-electron chi connectivity index (χ4n) is 2.92. The van der Waals surface area contributed by atoms with Gasteiger partial charge < -0.3 is 10.6 Å². The van der Waals surface area contributed by atoms with Crippen LogP contribution in [0.3, 0.4) is 0 Å². The number of nitrogens with zero attached hydrogens (tertiary/aromatic N) is 4. The molecule has 9 nitrogen and oxygen atoms in total. The molecule has 2 aromatic rings. The van der Waals surface area contributed by atoms with Crippen LogP contribution >= 0.6 is 0 Å². The summed E-state index contributed by atoms with van der Waals surface area (Å²) in [5.74, 6) is 0.725. The highest BCUT2D eigenvalue weighted by molar-refractivity contribution is 5.90. The SMILES string of the molecule is Cc1cc(C)c([N+](=O)[O-])cc1NC(=O)NC1CCCn2ncnc21. The maximum Gasteiger partial charge on any atom is 0.319 e. The molecule has 0 saturated carbocycles. The van der Waals surface area contributed by atoms with Gasteiger partial charge in [0, 0.05) is 18.2 Å². The molecule has 1 aliphatic heterocycles. The van der Waals surface area contributed by atoms with Crippen LogP contribution in [0.4, 0.5) is 16.2 Å². The van der Waals surface area contributed by atoms with Crippen molar-refractivity contribution in [3.63, 3.8) is 0 Å². The number of fused-ring (bicyclic) bond motifs is 1. The van der Waals surface area contributed by atoms with Crippen LogP contribution in [0.1, 0.15) is 35.8 Å². The minimum Gasteiger partial charge on any atom is -0.328 e. The number of hydrogen-bond acceptors (Lipinski definition) is 5. The lowest BCUT2D eigenvalue weighted by Crippen LogP contribution is -2.36. The largest absolute Gasteiger partial charge is 0.328 e. The van der Waals surface area contributed by atoms with Gasteiger partial charge >= 0.3 is 6.03 Å². The van der Waals surface area contributed by atoms with Crippen LogP contribution in [0, 0.1) is 24.0 Å². The van der Waals surface area contributed by atoms with E-state index in [0.717, 1.165) is 30.8 Å². The molecule has 1 aliphatic rings. The fraction of sp³-hybridized carbons (Fsp3) is 0.400. The molecule has 1 atom stereocenters. The summed E-state index contributed by atoms with van der Waals surface area (Å²) in [6.45, 7) is 4.26. The van der Waals surface area contributed by atoms with Crippen molar-refractivity contribution in [2.45, 2.75) is 39.3 Å². The van der Waals surface area contributed by atoms with Gasteiger partial charge in [-0.25, -0.2) is 14.5 Å². The van der Waals surface area contributed by atoms with E-state index in [1.165, 1.54) is 12.4 Å². The summed E-state index contributed by atoms with van der Waals surface area (Å²) >= 11 is 0. The van der Waals surface area contributed by atoms with Gasteiger partial charge in [0.05, 0.1) is 16.7 Å². The third-order valence-electron chi connectivity index (χ3n) is 4.11. The quantitative estimate of drug-likeness (QED) is 0.662. The zero-order chi connectivity index (χ0) is 17.3. The van der Waals surface area contributed by atoms with Crippen LogP contribution < -0.4 is 10.6 Å². The molecular formula is C15H18N6O3. The van der Waals surface area contributed by atoms with Crippen molar-refractivity contribution in [2.75, 3.05) is 5.32 Å². The van der Waals surface area contributed by atoms with E-state index < -0.39 is 11.0 Å². The van der Waals surface area contributed by atoms with Crippen molar-refractivity contribution in [2.24, 2.45) is 0 Å². The number of nitro benzene ring substituents is 1. The second-order valence-electron chi connectivity index (χ2n) is 5.85. The molecule has 0 spiro atoms. The van der Waals surface area contributed by atoms with Crippen LogP contribution in [-0.2, 0) is 6.54 Å². The Labute approximate surface area is 138 Å². The van der Waals surface area contributed by atoms with E-state index in [0.29, 0.717) is 11.3 Å². The third-order valence-corrected chi connectivity index (χ3v) is 4.11. The average molecular weight is 330 g/mol. The highest BCUT2D eigenvalue weighted by Gasteiger charge is 2.24. The number of hydrogen-bond donors (Lipinski definition) is 2. The predicted octanol–water partition coefficient (Wildman–Crippen LogP) is 2.46. The summed E-state index contributed by atoms with van der Waals surface area (Å²) in [6, 6.07) is 2.43. The Morgan fingerprint density at radius 2 is 2.17 bits per heavy atom. The molecule has 2 N–H and O–H groups in total. The number of carbonyl (C=O) groups excluding carboxylic acids is 1. The second-order valence-corrected chi connectivity index (χ2v) is 5.85. The standard InChI is InChI=1S/C15H18N6O3/c1-9-6-10(2)13(21(23)24)7-12(9)19-15(22)18-11-4-3-5-20-14(11)16-8-17-20/h6-8,11H,3-5H2,1-2H3,(H2,18,19,22). The number of nitro groups is 1. The van der Waals surface area contributed by atoms with E-state index in [1.807, 2.05) is 0 Å². The van der Waals surface area contributed by atoms with Gasteiger partial charge in [-0.1, -0.05) is 0 Å². The molecule has 0 bridgehead atoms. The van der Waals surface area contributed by atoms with Gasteiger partial charge in [-0.3, -0.25) is 10.1 Å². The number of nitrogens with one attached hydrogen (secondary N) is 2. The first-order valence-electron chi connectivity index (χ1n) is 7.66. The first-order valence-corrected chi connectivity index (χ1v) is 7.66. The zero-order valence-corrected chi connectivity index (χ0v) is 13.4. The summed E-state index contributed by atoms with van der Waals surface area (Å²) in [5, 5.41) is 20.7. The number of benzene rings is 1. The lowest BCUT2D eigenvalue weighted by Gasteiger charge is -2.23. The molecule has 9 heteroatoms. The molecule has 126 valence electrons. The van der Waals surface area contributed by atoms with E-state index in [9.17, 15) is 14.9 Å². The summed E-state index contributed by atoms with van der Waals surface area (Å²) in [6.07, 6.45) is 3.15. The van der Waals surface area contributed by atoms with Crippen LogP contribution in [0.2, 0.25) is 0 Å². The van der Waals surface area contributed by atoms with Crippen LogP contribution in [0.25, 0.3) is 0 Å². The van der Waals surface area contributed by atoms with Gasteiger partial charge in [-0.15, -0.1) is 0 Å². The summed E-state index contributed by atoms with van der Waals surface area (Å²) in [7, 11) is 0. The van der Waals surface area contributed by atoms with E-state index in [1.54, 1.807) is 24.6 Å². The monoisotopic (exact) mass is 330 g/mol. The Morgan fingerprint density at radius 1 is 1.38 bits per heavy atom. The molecule has 0 fully saturated rings. The summed E-state index contributed by atoms with van der Waals surface area (Å²) < 4.78 is 1.77. The molecule has 1 aromatic heterocycles. The topological polar surface area (TPSA) is 115 Å². The minimum absolute atomic E-state index is 0.0201. The van der Waals surface area contributed by atoms with E-state index in [-0.39, 0.29) is 11.7 Å². The molecule has 24 heavy (non-hydrogen) atoms. The minimum atomic E-state index is -0.457. The van der Waals surface area contributed by atoms with E-state index >= 15 is 0 Å². The number of rotatable bonds is 3. The highest BCUT2D eigenvalue weighted by atomic mass is 16.6. The molecule has 1 aromatic carbocycles. The Bertz CT molecular complexity index is 801. The van der Waals surface area contributed by atoms with Crippen LogP contribution in [0.5, 0.6) is 0 Å². The van der Waals surface area contributed by atoms with Crippen LogP contribution in [0.15, 0.2) is 18.5 Å². The Morgan fingerprint density at radius 3 is 2.92 bits per heavy atom. The number of carbonyl (C=O) groups is 1. The third kappa shape index (κ3) is 3.05. The molecule has 3 rings (SSSR count). The van der Waals surface area contributed by atoms with Crippen molar-refractivity contribution in [3.05, 3.63) is 45.5 Å². The van der Waals surface area contributed by atoms with Gasteiger partial charge in [-0.2, -0.15) is 5.10 Å². The molecule has 0 aliphatic carbocycles. The molecule has 0 saturated heterocycles.